The number of carboxylic acids is 3. The Labute approximate surface area is 518 Å². The van der Waals surface area contributed by atoms with Crippen LogP contribution < -0.4 is 43.8 Å². The molecule has 0 saturated carbocycles. The number of aliphatic carboxylic acids is 3. The summed E-state index contributed by atoms with van der Waals surface area (Å²) in [6.45, 7) is 13.1. The summed E-state index contributed by atoms with van der Waals surface area (Å²) in [7, 11) is 0. The number of primary amides is 2. The molecule has 15 N–H and O–H groups in total. The number of carboxylic acid groups (broad SMARTS) is 3. The zero-order chi connectivity index (χ0) is 67.4. The molecule has 2 aromatic carbocycles. The van der Waals surface area contributed by atoms with Crippen LogP contribution in [-0.4, -0.2) is 145 Å². The van der Waals surface area contributed by atoms with Gasteiger partial charge in [0.1, 0.15) is 0 Å². The first-order valence-corrected chi connectivity index (χ1v) is 30.0. The quantitative estimate of drug-likeness (QED) is 0.0450. The Bertz CT molecular complexity index is 2780. The maximum Gasteiger partial charge on any atom is 0.304 e. The van der Waals surface area contributed by atoms with Gasteiger partial charge >= 0.3 is 17.9 Å². The van der Waals surface area contributed by atoms with Crippen LogP contribution in [0.1, 0.15) is 144 Å². The number of benzene rings is 2. The van der Waals surface area contributed by atoms with Crippen LogP contribution in [0.25, 0.3) is 0 Å². The van der Waals surface area contributed by atoms with Gasteiger partial charge in [0.2, 0.25) is 41.4 Å². The Kier molecular flexibility index (Phi) is 33.0. The molecule has 2 rings (SSSR count). The largest absolute Gasteiger partial charge is 0.481 e. The van der Waals surface area contributed by atoms with E-state index in [0.717, 1.165) is 0 Å². The van der Waals surface area contributed by atoms with Gasteiger partial charge in [-0.1, -0.05) is 116 Å². The second-order valence-electron chi connectivity index (χ2n) is 24.2. The highest BCUT2D eigenvalue weighted by molar-refractivity contribution is 5.98. The SMILES string of the molecule is CC(C)C[C@H](NC(=O)[C@H](CC(N)=O)CC(=O)[C@@H](NC(=O)[C@@H](N)CCC(=O)O)C(C)C)[C@@H](O)C[C@@H](C)C(=O)N[C@H](C(=O)C[C@@H](Cc1ccccc1)C(=O)N[C@@H](Cc1ccccc1)C(=O)C[C@@H](C)C(=O)N[C@@H](CCC(=O)O)C(=O)C[C@@H](CC(=O)O)C(N)=O)C(C)C. The molecule has 26 heteroatoms. The van der Waals surface area contributed by atoms with Crippen molar-refractivity contribution in [2.75, 3.05) is 0 Å². The Hall–Kier alpha value is -8.26. The van der Waals surface area contributed by atoms with Crippen LogP contribution in [0.5, 0.6) is 0 Å². The average molecular weight is 1250 g/mol. The van der Waals surface area contributed by atoms with Crippen molar-refractivity contribution in [2.24, 2.45) is 64.5 Å². The second kappa shape index (κ2) is 38.2. The van der Waals surface area contributed by atoms with E-state index in [9.17, 15) is 82.4 Å². The third kappa shape index (κ3) is 28.6. The monoisotopic (exact) mass is 1250 g/mol. The first-order valence-electron chi connectivity index (χ1n) is 30.0. The zero-order valence-electron chi connectivity index (χ0n) is 52.1. The van der Waals surface area contributed by atoms with Gasteiger partial charge < -0.3 is 64.2 Å². The number of carbonyl (C=O) groups is 14. The van der Waals surface area contributed by atoms with E-state index in [1.54, 1.807) is 88.4 Å². The Balaban J connectivity index is 2.39. The van der Waals surface area contributed by atoms with Crippen molar-refractivity contribution in [2.45, 2.75) is 188 Å². The molecule has 2 aromatic rings. The number of hydrogen-bond donors (Lipinski definition) is 12. The third-order valence-electron chi connectivity index (χ3n) is 15.2. The molecule has 0 heterocycles. The van der Waals surface area contributed by atoms with E-state index >= 15 is 0 Å². The highest BCUT2D eigenvalue weighted by Crippen LogP contribution is 2.23. The summed E-state index contributed by atoms with van der Waals surface area (Å²) < 4.78 is 0. The lowest BCUT2D eigenvalue weighted by Gasteiger charge is -2.30. The number of aliphatic hydroxyl groups excluding tert-OH is 1. The molecule has 12 atom stereocenters. The second-order valence-corrected chi connectivity index (χ2v) is 24.2. The molecule has 89 heavy (non-hydrogen) atoms. The minimum Gasteiger partial charge on any atom is -0.481 e. The maximum absolute atomic E-state index is 14.7. The number of Topliss-reactive ketones (excluding diaryl/α,β-unsaturated/α-hetero) is 4. The van der Waals surface area contributed by atoms with Crippen molar-refractivity contribution in [1.82, 2.24) is 26.6 Å². The minimum atomic E-state index is -1.50. The lowest BCUT2D eigenvalue weighted by atomic mass is 9.87. The van der Waals surface area contributed by atoms with Crippen LogP contribution in [0.2, 0.25) is 0 Å². The van der Waals surface area contributed by atoms with E-state index in [-0.39, 0.29) is 38.0 Å². The van der Waals surface area contributed by atoms with Crippen molar-refractivity contribution < 1.29 is 87.5 Å². The van der Waals surface area contributed by atoms with E-state index in [0.29, 0.717) is 11.1 Å². The van der Waals surface area contributed by atoms with Crippen molar-refractivity contribution >= 4 is 82.4 Å². The molecule has 492 valence electrons. The van der Waals surface area contributed by atoms with Gasteiger partial charge in [-0.3, -0.25) is 67.1 Å². The Morgan fingerprint density at radius 3 is 1.37 bits per heavy atom. The van der Waals surface area contributed by atoms with Gasteiger partial charge in [0.05, 0.1) is 60.6 Å². The molecule has 0 aliphatic carbocycles. The first kappa shape index (κ1) is 76.8. The third-order valence-corrected chi connectivity index (χ3v) is 15.2. The molecule has 0 aromatic heterocycles. The van der Waals surface area contributed by atoms with Gasteiger partial charge in [-0.2, -0.15) is 0 Å². The highest BCUT2D eigenvalue weighted by Gasteiger charge is 2.38. The number of amides is 7. The van der Waals surface area contributed by atoms with E-state index < -0.39 is 224 Å². The van der Waals surface area contributed by atoms with Gasteiger partial charge in [0, 0.05) is 62.7 Å². The van der Waals surface area contributed by atoms with Gasteiger partial charge in [-0.05, 0) is 67.4 Å². The fourth-order valence-corrected chi connectivity index (χ4v) is 10.0. The maximum atomic E-state index is 14.7. The topological polar surface area (TPSA) is 458 Å². The van der Waals surface area contributed by atoms with Gasteiger partial charge in [0.25, 0.3) is 0 Å². The number of carbonyl (C=O) groups excluding carboxylic acids is 11. The summed E-state index contributed by atoms with van der Waals surface area (Å²) >= 11 is 0. The van der Waals surface area contributed by atoms with Crippen molar-refractivity contribution in [3.8, 4) is 0 Å². The predicted molar refractivity (Wildman–Crippen MR) is 324 cm³/mol. The molecular formula is C63H92N8O18. The Morgan fingerprint density at radius 2 is 0.888 bits per heavy atom. The van der Waals surface area contributed by atoms with Gasteiger partial charge in [0.15, 0.2) is 23.1 Å². The number of nitrogens with one attached hydrogen (secondary N) is 5. The smallest absolute Gasteiger partial charge is 0.304 e. The Morgan fingerprint density at radius 1 is 0.438 bits per heavy atom. The van der Waals surface area contributed by atoms with Crippen LogP contribution in [0.15, 0.2) is 60.7 Å². The van der Waals surface area contributed by atoms with Crippen LogP contribution in [0.3, 0.4) is 0 Å². The molecule has 0 aliphatic rings. The molecule has 0 radical (unpaired) electrons. The van der Waals surface area contributed by atoms with Crippen LogP contribution in [0.4, 0.5) is 0 Å². The molecule has 0 spiro atoms. The molecule has 26 nitrogen and oxygen atoms in total. The lowest BCUT2D eigenvalue weighted by Crippen LogP contribution is -2.52. The average Bonchev–Trinajstić information content (AvgIpc) is 2.60. The molecule has 0 bridgehead atoms. The van der Waals surface area contributed by atoms with Gasteiger partial charge in [-0.15, -0.1) is 0 Å². The van der Waals surface area contributed by atoms with Crippen LogP contribution >= 0.6 is 0 Å². The predicted octanol–water partition coefficient (Wildman–Crippen LogP) is 1.85. The molecule has 0 saturated heterocycles. The van der Waals surface area contributed by atoms with E-state index in [2.05, 4.69) is 26.6 Å². The van der Waals surface area contributed by atoms with E-state index in [1.165, 1.54) is 13.8 Å². The van der Waals surface area contributed by atoms with E-state index in [1.807, 2.05) is 13.8 Å². The van der Waals surface area contributed by atoms with Crippen molar-refractivity contribution in [3.05, 3.63) is 71.8 Å². The molecular weight excluding hydrogens is 1160 g/mol. The van der Waals surface area contributed by atoms with E-state index in [4.69, 9.17) is 22.3 Å². The lowest BCUT2D eigenvalue weighted by molar-refractivity contribution is -0.141. The summed E-state index contributed by atoms with van der Waals surface area (Å²) in [6.07, 6.45) is -6.80. The zero-order valence-corrected chi connectivity index (χ0v) is 52.1. The summed E-state index contributed by atoms with van der Waals surface area (Å²) in [5, 5.41) is 52.6. The highest BCUT2D eigenvalue weighted by atomic mass is 16.4. The standard InChI is InChI=1S/C63H92N8O18/c1-33(2)23-45(68-62(88)42(31-52(65)77)30-51(76)57(35(5)6)71-63(89)43(64)19-21-53(78)79)47(72)25-37(8)60(86)70-56(34(3)4)50(75)29-41(26-38-15-11-9-12-16-38)61(87)69-46(27-39-17-13-10-14-18-39)48(73)24-36(7)59(85)67-44(20-22-54(80)81)49(74)28-40(58(66)84)32-55(82)83/h9-18,33-37,40-47,56-57,72H,19-32,64H2,1-8H3,(H2,65,77)(H2,66,84)(H,67,85)(H,68,88)(H,69,87)(H,70,86)(H,71,89)(H,78,79)(H,80,81)(H,82,83)/t36-,37-,40+,41-,42+,43+,44+,45+,46+,47+,56+,57+/m1/s1. The number of aliphatic hydroxyl groups is 1. The van der Waals surface area contributed by atoms with Crippen molar-refractivity contribution in [3.63, 3.8) is 0 Å². The fourth-order valence-electron chi connectivity index (χ4n) is 10.0. The molecule has 7 amide bonds. The van der Waals surface area contributed by atoms with Crippen molar-refractivity contribution in [1.29, 1.82) is 0 Å². The molecule has 0 fully saturated rings. The van der Waals surface area contributed by atoms with Crippen LogP contribution in [0, 0.1) is 47.3 Å². The number of ketones is 4. The van der Waals surface area contributed by atoms with Gasteiger partial charge in [-0.25, -0.2) is 0 Å². The first-order chi connectivity index (χ1) is 41.6. The minimum absolute atomic E-state index is 0.00314. The normalized spacial score (nSPS) is 15.4. The molecule has 0 unspecified atom stereocenters. The number of rotatable bonds is 44. The molecule has 0 aliphatic heterocycles. The number of nitrogens with two attached hydrogens (primary N) is 3. The summed E-state index contributed by atoms with van der Waals surface area (Å²) in [5.74, 6) is -19.8. The summed E-state index contributed by atoms with van der Waals surface area (Å²) in [5.41, 5.74) is 18.0. The van der Waals surface area contributed by atoms with Crippen LogP contribution in [-0.2, 0) is 80.0 Å². The number of hydrogen-bond acceptors (Lipinski definition) is 16. The summed E-state index contributed by atoms with van der Waals surface area (Å²) in [4.78, 5) is 183. The fraction of sp³-hybridized carbons (Fsp3) is 0.587. The summed E-state index contributed by atoms with van der Waals surface area (Å²) in [6, 6.07) is 9.85.